The summed E-state index contributed by atoms with van der Waals surface area (Å²) < 4.78 is 11.3. The van der Waals surface area contributed by atoms with Gasteiger partial charge in [0.1, 0.15) is 21.5 Å². The van der Waals surface area contributed by atoms with Crippen molar-refractivity contribution >= 4 is 44.4 Å². The minimum absolute atomic E-state index is 0.00972. The molecule has 0 unspecified atom stereocenters. The molecule has 3 N–H and O–H groups in total. The molecule has 0 radical (unpaired) electrons. The number of nitrogen functional groups attached to an aromatic ring is 1. The Morgan fingerprint density at radius 1 is 1.48 bits per heavy atom. The SMILES string of the molecule is CCOC(=O)c1c(N)oc2c1c(C)c(O)c1nc(C)sc12. The molecule has 7 heteroatoms. The normalized spacial score (nSPS) is 11.4. The first kappa shape index (κ1) is 13.7. The molecular formula is C14H14N2O4S. The van der Waals surface area contributed by atoms with E-state index in [1.807, 2.05) is 6.92 Å². The summed E-state index contributed by atoms with van der Waals surface area (Å²) in [5.41, 5.74) is 7.43. The third kappa shape index (κ3) is 1.84. The Morgan fingerprint density at radius 3 is 2.86 bits per heavy atom. The van der Waals surface area contributed by atoms with Gasteiger partial charge in [0.15, 0.2) is 5.58 Å². The van der Waals surface area contributed by atoms with Gasteiger partial charge in [0.2, 0.25) is 5.88 Å². The number of benzene rings is 1. The van der Waals surface area contributed by atoms with Crippen molar-refractivity contribution in [1.82, 2.24) is 4.98 Å². The molecule has 3 rings (SSSR count). The Kier molecular flexibility index (Phi) is 3.02. The molecule has 21 heavy (non-hydrogen) atoms. The number of fused-ring (bicyclic) bond motifs is 3. The number of hydrogen-bond acceptors (Lipinski definition) is 7. The van der Waals surface area contributed by atoms with Crippen LogP contribution in [0.4, 0.5) is 5.88 Å². The fraction of sp³-hybridized carbons (Fsp3) is 0.286. The third-order valence-corrected chi connectivity index (χ3v) is 4.28. The first-order valence-electron chi connectivity index (χ1n) is 6.43. The number of thiazole rings is 1. The van der Waals surface area contributed by atoms with Crippen LogP contribution < -0.4 is 5.73 Å². The summed E-state index contributed by atoms with van der Waals surface area (Å²) in [6, 6.07) is 0. The summed E-state index contributed by atoms with van der Waals surface area (Å²) in [7, 11) is 0. The molecule has 0 bridgehead atoms. The van der Waals surface area contributed by atoms with Gasteiger partial charge < -0.3 is 20.0 Å². The molecule has 6 nitrogen and oxygen atoms in total. The number of nitrogens with zero attached hydrogens (tertiary/aromatic N) is 1. The van der Waals surface area contributed by atoms with Gasteiger partial charge in [-0.15, -0.1) is 11.3 Å². The lowest BCUT2D eigenvalue weighted by molar-refractivity contribution is 0.0529. The number of aromatic nitrogens is 1. The number of aryl methyl sites for hydroxylation is 2. The third-order valence-electron chi connectivity index (χ3n) is 3.31. The number of aromatic hydroxyl groups is 1. The van der Waals surface area contributed by atoms with Gasteiger partial charge in [-0.25, -0.2) is 9.78 Å². The Hall–Kier alpha value is -2.28. The molecule has 0 aliphatic rings. The van der Waals surface area contributed by atoms with Crippen LogP contribution in [0.15, 0.2) is 4.42 Å². The minimum atomic E-state index is -0.558. The number of hydrogen-bond donors (Lipinski definition) is 2. The summed E-state index contributed by atoms with van der Waals surface area (Å²) >= 11 is 1.38. The van der Waals surface area contributed by atoms with Crippen molar-refractivity contribution in [2.45, 2.75) is 20.8 Å². The van der Waals surface area contributed by atoms with Crippen molar-refractivity contribution < 1.29 is 19.1 Å². The Balaban J connectivity index is 2.47. The first-order valence-corrected chi connectivity index (χ1v) is 7.25. The molecule has 2 heterocycles. The van der Waals surface area contributed by atoms with Crippen LogP contribution in [0.1, 0.15) is 27.9 Å². The van der Waals surface area contributed by atoms with Crippen molar-refractivity contribution in [2.24, 2.45) is 0 Å². The predicted molar refractivity (Wildman–Crippen MR) is 80.9 cm³/mol. The van der Waals surface area contributed by atoms with Crippen LogP contribution in [-0.4, -0.2) is 22.7 Å². The van der Waals surface area contributed by atoms with E-state index in [2.05, 4.69) is 4.98 Å². The second kappa shape index (κ2) is 4.63. The highest BCUT2D eigenvalue weighted by molar-refractivity contribution is 7.19. The number of phenols is 1. The number of carbonyl (C=O) groups excluding carboxylic acids is 1. The van der Waals surface area contributed by atoms with Crippen LogP contribution >= 0.6 is 11.3 Å². The highest BCUT2D eigenvalue weighted by Gasteiger charge is 2.27. The van der Waals surface area contributed by atoms with E-state index in [-0.39, 0.29) is 23.8 Å². The fourth-order valence-corrected chi connectivity index (χ4v) is 3.32. The molecule has 0 spiro atoms. The van der Waals surface area contributed by atoms with Crippen LogP contribution in [0, 0.1) is 13.8 Å². The molecule has 110 valence electrons. The number of furan rings is 1. The second-order valence-electron chi connectivity index (χ2n) is 4.65. The van der Waals surface area contributed by atoms with Gasteiger partial charge in [-0.2, -0.15) is 0 Å². The molecule has 0 amide bonds. The number of carbonyl (C=O) groups is 1. The number of phenolic OH excluding ortho intramolecular Hbond substituents is 1. The molecule has 0 saturated heterocycles. The monoisotopic (exact) mass is 306 g/mol. The standard InChI is InChI=1S/C14H14N2O4S/c1-4-19-14(18)8-7-5(2)10(17)9-12(21-6(3)16-9)11(7)20-13(8)15/h17H,4,15H2,1-3H3. The van der Waals surface area contributed by atoms with Crippen molar-refractivity contribution in [2.75, 3.05) is 12.3 Å². The van der Waals surface area contributed by atoms with Crippen LogP contribution in [0.2, 0.25) is 0 Å². The van der Waals surface area contributed by atoms with E-state index in [9.17, 15) is 9.90 Å². The molecule has 0 saturated carbocycles. The molecule has 0 atom stereocenters. The van der Waals surface area contributed by atoms with Crippen molar-refractivity contribution in [1.29, 1.82) is 0 Å². The molecule has 0 aliphatic heterocycles. The van der Waals surface area contributed by atoms with E-state index < -0.39 is 5.97 Å². The Morgan fingerprint density at radius 2 is 2.19 bits per heavy atom. The Bertz CT molecular complexity index is 878. The maximum atomic E-state index is 12.1. The van der Waals surface area contributed by atoms with Crippen LogP contribution in [0.5, 0.6) is 5.75 Å². The van der Waals surface area contributed by atoms with Crippen molar-refractivity contribution in [3.05, 3.63) is 16.1 Å². The van der Waals surface area contributed by atoms with Crippen LogP contribution in [0.25, 0.3) is 21.2 Å². The maximum Gasteiger partial charge on any atom is 0.344 e. The number of rotatable bonds is 2. The predicted octanol–water partition coefficient (Wildman–Crippen LogP) is 3.12. The lowest BCUT2D eigenvalue weighted by atomic mass is 10.1. The van der Waals surface area contributed by atoms with Crippen molar-refractivity contribution in [3.63, 3.8) is 0 Å². The minimum Gasteiger partial charge on any atom is -0.505 e. The highest BCUT2D eigenvalue weighted by atomic mass is 32.1. The fourth-order valence-electron chi connectivity index (χ4n) is 2.41. The zero-order valence-electron chi connectivity index (χ0n) is 11.8. The summed E-state index contributed by atoms with van der Waals surface area (Å²) in [5, 5.41) is 11.6. The van der Waals surface area contributed by atoms with Crippen LogP contribution in [-0.2, 0) is 4.74 Å². The summed E-state index contributed by atoms with van der Waals surface area (Å²) in [4.78, 5) is 16.4. The van der Waals surface area contributed by atoms with Crippen molar-refractivity contribution in [3.8, 4) is 5.75 Å². The number of anilines is 1. The second-order valence-corrected chi connectivity index (χ2v) is 5.85. The highest BCUT2D eigenvalue weighted by Crippen LogP contribution is 2.43. The Labute approximate surface area is 124 Å². The van der Waals surface area contributed by atoms with E-state index in [4.69, 9.17) is 14.9 Å². The van der Waals surface area contributed by atoms with Gasteiger partial charge in [0, 0.05) is 10.9 Å². The molecule has 3 aromatic rings. The number of ether oxygens (including phenoxy) is 1. The topological polar surface area (TPSA) is 98.6 Å². The molecule has 1 aromatic carbocycles. The van der Waals surface area contributed by atoms with Gasteiger partial charge in [0.05, 0.1) is 11.6 Å². The largest absolute Gasteiger partial charge is 0.505 e. The number of esters is 1. The van der Waals surface area contributed by atoms with Gasteiger partial charge in [-0.05, 0) is 20.8 Å². The lowest BCUT2D eigenvalue weighted by Crippen LogP contribution is -2.06. The molecule has 0 aliphatic carbocycles. The zero-order chi connectivity index (χ0) is 15.3. The quantitative estimate of drug-likeness (QED) is 0.706. The summed E-state index contributed by atoms with van der Waals surface area (Å²) in [5.74, 6) is -0.533. The average Bonchev–Trinajstić information content (AvgIpc) is 2.97. The molecular weight excluding hydrogens is 292 g/mol. The summed E-state index contributed by atoms with van der Waals surface area (Å²) in [6.45, 7) is 5.48. The van der Waals surface area contributed by atoms with Gasteiger partial charge in [0.25, 0.3) is 0 Å². The lowest BCUT2D eigenvalue weighted by Gasteiger charge is -2.04. The van der Waals surface area contributed by atoms with Gasteiger partial charge in [-0.3, -0.25) is 0 Å². The molecule has 2 aromatic heterocycles. The average molecular weight is 306 g/mol. The van der Waals surface area contributed by atoms with Gasteiger partial charge in [-0.1, -0.05) is 0 Å². The first-order chi connectivity index (χ1) is 9.95. The van der Waals surface area contributed by atoms with E-state index in [1.165, 1.54) is 11.3 Å². The zero-order valence-corrected chi connectivity index (χ0v) is 12.6. The maximum absolute atomic E-state index is 12.1. The summed E-state index contributed by atoms with van der Waals surface area (Å²) in [6.07, 6.45) is 0. The van der Waals surface area contributed by atoms with E-state index in [1.54, 1.807) is 13.8 Å². The van der Waals surface area contributed by atoms with E-state index >= 15 is 0 Å². The smallest absolute Gasteiger partial charge is 0.344 e. The van der Waals surface area contributed by atoms with Gasteiger partial charge >= 0.3 is 5.97 Å². The van der Waals surface area contributed by atoms with E-state index in [0.29, 0.717) is 26.7 Å². The molecule has 0 fully saturated rings. The van der Waals surface area contributed by atoms with Crippen LogP contribution in [0.3, 0.4) is 0 Å². The number of nitrogens with two attached hydrogens (primary N) is 1. The van der Waals surface area contributed by atoms with E-state index in [0.717, 1.165) is 5.01 Å².